The predicted octanol–water partition coefficient (Wildman–Crippen LogP) is -0.530. The van der Waals surface area contributed by atoms with E-state index in [2.05, 4.69) is 15.1 Å². The Morgan fingerprint density at radius 1 is 1.18 bits per heavy atom. The summed E-state index contributed by atoms with van der Waals surface area (Å²) in [4.78, 5) is 16.2. The van der Waals surface area contributed by atoms with Crippen LogP contribution in [0.15, 0.2) is 0 Å². The zero-order valence-corrected chi connectivity index (χ0v) is 10.4. The zero-order valence-electron chi connectivity index (χ0n) is 10.4. The van der Waals surface area contributed by atoms with E-state index in [1.165, 1.54) is 6.42 Å². The van der Waals surface area contributed by atoms with Crippen LogP contribution in [0.5, 0.6) is 0 Å². The van der Waals surface area contributed by atoms with Gasteiger partial charge in [-0.1, -0.05) is 6.42 Å². The average molecular weight is 241 g/mol. The van der Waals surface area contributed by atoms with Crippen LogP contribution in [0.3, 0.4) is 0 Å². The molecular formula is C12H23N3O2. The summed E-state index contributed by atoms with van der Waals surface area (Å²) in [5.41, 5.74) is 0. The number of amides is 1. The van der Waals surface area contributed by atoms with Gasteiger partial charge in [0, 0.05) is 38.6 Å². The average Bonchev–Trinajstić information content (AvgIpc) is 2.26. The number of nitrogens with one attached hydrogen (secondary N) is 1. The molecule has 1 saturated heterocycles. The maximum absolute atomic E-state index is 11.7. The maximum atomic E-state index is 11.7. The van der Waals surface area contributed by atoms with Crippen molar-refractivity contribution in [1.29, 1.82) is 0 Å². The lowest BCUT2D eigenvalue weighted by Crippen LogP contribution is -2.51. The summed E-state index contributed by atoms with van der Waals surface area (Å²) in [7, 11) is 0. The van der Waals surface area contributed by atoms with Gasteiger partial charge in [0.2, 0.25) is 5.91 Å². The number of aliphatic hydroxyl groups is 1. The Kier molecular flexibility index (Phi) is 4.76. The topological polar surface area (TPSA) is 55.8 Å². The molecule has 1 amide bonds. The highest BCUT2D eigenvalue weighted by molar-refractivity contribution is 5.79. The fourth-order valence-corrected chi connectivity index (χ4v) is 2.32. The molecule has 5 nitrogen and oxygen atoms in total. The first-order valence-corrected chi connectivity index (χ1v) is 6.63. The molecule has 0 radical (unpaired) electrons. The van der Waals surface area contributed by atoms with Crippen LogP contribution in [-0.4, -0.2) is 66.8 Å². The van der Waals surface area contributed by atoms with Crippen LogP contribution in [0.4, 0.5) is 0 Å². The van der Waals surface area contributed by atoms with E-state index in [4.69, 9.17) is 5.11 Å². The fourth-order valence-electron chi connectivity index (χ4n) is 2.32. The van der Waals surface area contributed by atoms with Gasteiger partial charge in [0.25, 0.3) is 0 Å². The third-order valence-electron chi connectivity index (χ3n) is 3.83. The smallest absolute Gasteiger partial charge is 0.224 e. The van der Waals surface area contributed by atoms with E-state index >= 15 is 0 Å². The second-order valence-corrected chi connectivity index (χ2v) is 5.01. The zero-order chi connectivity index (χ0) is 12.1. The molecule has 0 atom stereocenters. The van der Waals surface area contributed by atoms with Crippen molar-refractivity contribution in [3.8, 4) is 0 Å². The van der Waals surface area contributed by atoms with Gasteiger partial charge in [0.05, 0.1) is 13.3 Å². The number of carbonyl (C=O) groups is 1. The molecule has 1 heterocycles. The molecule has 0 aromatic rings. The predicted molar refractivity (Wildman–Crippen MR) is 65.4 cm³/mol. The van der Waals surface area contributed by atoms with Crippen LogP contribution >= 0.6 is 0 Å². The van der Waals surface area contributed by atoms with Gasteiger partial charge in [-0.3, -0.25) is 14.6 Å². The summed E-state index contributed by atoms with van der Waals surface area (Å²) in [6, 6.07) is 0. The molecular weight excluding hydrogens is 218 g/mol. The van der Waals surface area contributed by atoms with Crippen LogP contribution in [-0.2, 0) is 4.79 Å². The fraction of sp³-hybridized carbons (Fsp3) is 0.917. The van der Waals surface area contributed by atoms with Crippen molar-refractivity contribution in [2.45, 2.75) is 19.3 Å². The second-order valence-electron chi connectivity index (χ2n) is 5.01. The van der Waals surface area contributed by atoms with Crippen LogP contribution in [0, 0.1) is 5.92 Å². The highest BCUT2D eigenvalue weighted by atomic mass is 16.3. The number of piperazine rings is 1. The maximum Gasteiger partial charge on any atom is 0.224 e. The molecule has 1 aliphatic carbocycles. The van der Waals surface area contributed by atoms with Crippen LogP contribution in [0.1, 0.15) is 19.3 Å². The van der Waals surface area contributed by atoms with Gasteiger partial charge in [0.15, 0.2) is 0 Å². The first-order valence-electron chi connectivity index (χ1n) is 6.63. The lowest BCUT2D eigenvalue weighted by Gasteiger charge is -2.35. The van der Waals surface area contributed by atoms with Gasteiger partial charge in [-0.15, -0.1) is 0 Å². The molecule has 1 aliphatic heterocycles. The summed E-state index contributed by atoms with van der Waals surface area (Å²) in [6.45, 7) is 5.61. The number of carbonyl (C=O) groups excluding carboxylic acids is 1. The summed E-state index contributed by atoms with van der Waals surface area (Å²) < 4.78 is 0. The Morgan fingerprint density at radius 2 is 1.82 bits per heavy atom. The lowest BCUT2D eigenvalue weighted by atomic mass is 9.85. The Hall–Kier alpha value is -0.650. The summed E-state index contributed by atoms with van der Waals surface area (Å²) in [5.74, 6) is 0.514. The molecule has 5 heteroatoms. The molecule has 98 valence electrons. The van der Waals surface area contributed by atoms with E-state index in [1.54, 1.807) is 0 Å². The minimum atomic E-state index is 0.231. The highest BCUT2D eigenvalue weighted by Gasteiger charge is 2.25. The van der Waals surface area contributed by atoms with Crippen molar-refractivity contribution in [3.05, 3.63) is 0 Å². The number of hydrogen-bond acceptors (Lipinski definition) is 4. The molecule has 2 aliphatic rings. The van der Waals surface area contributed by atoms with Crippen molar-refractivity contribution < 1.29 is 9.90 Å². The van der Waals surface area contributed by atoms with E-state index in [0.717, 1.165) is 45.6 Å². The Labute approximate surface area is 103 Å². The van der Waals surface area contributed by atoms with E-state index in [0.29, 0.717) is 6.67 Å². The first-order chi connectivity index (χ1) is 8.29. The summed E-state index contributed by atoms with van der Waals surface area (Å²) >= 11 is 0. The van der Waals surface area contributed by atoms with Crippen LogP contribution < -0.4 is 5.32 Å². The number of aliphatic hydroxyl groups excluding tert-OH is 1. The Morgan fingerprint density at radius 3 is 2.35 bits per heavy atom. The highest BCUT2D eigenvalue weighted by Crippen LogP contribution is 2.26. The summed E-state index contributed by atoms with van der Waals surface area (Å²) in [5, 5.41) is 11.9. The molecule has 0 unspecified atom stereocenters. The number of hydrogen-bond donors (Lipinski definition) is 2. The molecule has 2 N–H and O–H groups in total. The molecule has 1 saturated carbocycles. The van der Waals surface area contributed by atoms with E-state index in [1.807, 2.05) is 0 Å². The third-order valence-corrected chi connectivity index (χ3v) is 3.83. The molecule has 0 aromatic carbocycles. The number of β-amino-alcohol motifs (C(OH)–C–C–N with tert-alkyl or cyclic N) is 1. The molecule has 0 spiro atoms. The van der Waals surface area contributed by atoms with Gasteiger partial charge >= 0.3 is 0 Å². The standard InChI is InChI=1S/C12H23N3O2/c16-9-8-14-4-6-15(7-5-14)10-13-12(17)11-2-1-3-11/h11,16H,1-10H2,(H,13,17). The molecule has 2 fully saturated rings. The minimum Gasteiger partial charge on any atom is -0.395 e. The van der Waals surface area contributed by atoms with Gasteiger partial charge < -0.3 is 10.4 Å². The van der Waals surface area contributed by atoms with Gasteiger partial charge in [-0.05, 0) is 12.8 Å². The van der Waals surface area contributed by atoms with Crippen molar-refractivity contribution >= 4 is 5.91 Å². The normalized spacial score (nSPS) is 23.4. The van der Waals surface area contributed by atoms with Crippen LogP contribution in [0.25, 0.3) is 0 Å². The van der Waals surface area contributed by atoms with Crippen LogP contribution in [0.2, 0.25) is 0 Å². The SMILES string of the molecule is O=C(NCN1CCN(CCO)CC1)C1CCC1. The molecule has 17 heavy (non-hydrogen) atoms. The number of rotatable bonds is 5. The van der Waals surface area contributed by atoms with Crippen molar-refractivity contribution in [3.63, 3.8) is 0 Å². The molecule has 0 bridgehead atoms. The Balaban J connectivity index is 1.59. The minimum absolute atomic E-state index is 0.231. The van der Waals surface area contributed by atoms with Crippen molar-refractivity contribution in [1.82, 2.24) is 15.1 Å². The monoisotopic (exact) mass is 241 g/mol. The molecule has 0 aromatic heterocycles. The van der Waals surface area contributed by atoms with E-state index in [-0.39, 0.29) is 18.4 Å². The van der Waals surface area contributed by atoms with Gasteiger partial charge in [0.1, 0.15) is 0 Å². The second kappa shape index (κ2) is 6.33. The summed E-state index contributed by atoms with van der Waals surface area (Å²) in [6.07, 6.45) is 3.34. The van der Waals surface area contributed by atoms with Gasteiger partial charge in [-0.2, -0.15) is 0 Å². The third kappa shape index (κ3) is 3.66. The van der Waals surface area contributed by atoms with E-state index in [9.17, 15) is 4.79 Å². The first kappa shape index (κ1) is 12.8. The van der Waals surface area contributed by atoms with E-state index < -0.39 is 0 Å². The van der Waals surface area contributed by atoms with Gasteiger partial charge in [-0.25, -0.2) is 0 Å². The molecule has 2 rings (SSSR count). The Bertz CT molecular complexity index is 248. The number of nitrogens with zero attached hydrogens (tertiary/aromatic N) is 2. The van der Waals surface area contributed by atoms with Crippen molar-refractivity contribution in [2.24, 2.45) is 5.92 Å². The quantitative estimate of drug-likeness (QED) is 0.679. The lowest BCUT2D eigenvalue weighted by molar-refractivity contribution is -0.128. The largest absolute Gasteiger partial charge is 0.395 e. The van der Waals surface area contributed by atoms with Crippen molar-refractivity contribution in [2.75, 3.05) is 46.0 Å².